The van der Waals surface area contributed by atoms with E-state index in [2.05, 4.69) is 5.32 Å². The monoisotopic (exact) mass is 285 g/mol. The van der Waals surface area contributed by atoms with E-state index in [0.717, 1.165) is 11.8 Å². The van der Waals surface area contributed by atoms with Gasteiger partial charge in [0.2, 0.25) is 5.91 Å². The molecule has 0 spiro atoms. The number of carbonyl (C=O) groups is 2. The van der Waals surface area contributed by atoms with Gasteiger partial charge >= 0.3 is 5.97 Å². The quantitative estimate of drug-likeness (QED) is 0.754. The Morgan fingerprint density at radius 1 is 1.42 bits per heavy atom. The van der Waals surface area contributed by atoms with E-state index in [1.54, 1.807) is 18.2 Å². The van der Waals surface area contributed by atoms with Crippen LogP contribution in [0.15, 0.2) is 29.2 Å². The molecule has 0 bridgehead atoms. The highest BCUT2D eigenvalue weighted by atomic mass is 32.2. The molecule has 1 aromatic carbocycles. The summed E-state index contributed by atoms with van der Waals surface area (Å²) in [7, 11) is 0. The maximum absolute atomic E-state index is 13.3. The van der Waals surface area contributed by atoms with E-state index in [9.17, 15) is 14.0 Å². The van der Waals surface area contributed by atoms with Gasteiger partial charge in [0, 0.05) is 4.90 Å². The van der Waals surface area contributed by atoms with E-state index in [-0.39, 0.29) is 11.6 Å². The van der Waals surface area contributed by atoms with Crippen LogP contribution in [0.25, 0.3) is 0 Å². The molecule has 0 aliphatic heterocycles. The van der Waals surface area contributed by atoms with Gasteiger partial charge in [-0.25, -0.2) is 9.18 Å². The first-order valence-electron chi connectivity index (χ1n) is 5.94. The van der Waals surface area contributed by atoms with Crippen molar-refractivity contribution in [3.05, 3.63) is 30.1 Å². The van der Waals surface area contributed by atoms with Gasteiger partial charge in [-0.3, -0.25) is 4.79 Å². The molecule has 19 heavy (non-hydrogen) atoms. The van der Waals surface area contributed by atoms with Crippen LogP contribution in [0.1, 0.15) is 19.8 Å². The van der Waals surface area contributed by atoms with E-state index in [1.807, 2.05) is 6.92 Å². The molecule has 0 aromatic heterocycles. The van der Waals surface area contributed by atoms with Crippen LogP contribution in [0.4, 0.5) is 4.39 Å². The second-order valence-electron chi connectivity index (χ2n) is 3.97. The summed E-state index contributed by atoms with van der Waals surface area (Å²) >= 11 is 1.05. The second-order valence-corrected chi connectivity index (χ2v) is 4.98. The number of halogens is 1. The fourth-order valence-electron chi connectivity index (χ4n) is 1.49. The van der Waals surface area contributed by atoms with E-state index in [4.69, 9.17) is 5.11 Å². The molecule has 0 radical (unpaired) electrons. The number of rotatable bonds is 7. The summed E-state index contributed by atoms with van der Waals surface area (Å²) in [5.74, 6) is -1.85. The Morgan fingerprint density at radius 2 is 2.11 bits per heavy atom. The van der Waals surface area contributed by atoms with Crippen LogP contribution >= 0.6 is 11.8 Å². The van der Waals surface area contributed by atoms with Crippen molar-refractivity contribution in [2.45, 2.75) is 30.7 Å². The lowest BCUT2D eigenvalue weighted by Crippen LogP contribution is -2.41. The van der Waals surface area contributed by atoms with Gasteiger partial charge in [0.1, 0.15) is 11.9 Å². The van der Waals surface area contributed by atoms with Gasteiger partial charge < -0.3 is 10.4 Å². The normalized spacial score (nSPS) is 11.9. The minimum absolute atomic E-state index is 0.00553. The Hall–Kier alpha value is -1.56. The molecule has 0 saturated carbocycles. The molecule has 0 saturated heterocycles. The van der Waals surface area contributed by atoms with Crippen LogP contribution < -0.4 is 5.32 Å². The van der Waals surface area contributed by atoms with Crippen molar-refractivity contribution in [1.29, 1.82) is 0 Å². The molecule has 0 heterocycles. The fraction of sp³-hybridized carbons (Fsp3) is 0.385. The number of nitrogens with one attached hydrogen (secondary N) is 1. The molecule has 104 valence electrons. The summed E-state index contributed by atoms with van der Waals surface area (Å²) in [4.78, 5) is 22.8. The van der Waals surface area contributed by atoms with Crippen LogP contribution in [0.3, 0.4) is 0 Å². The summed E-state index contributed by atoms with van der Waals surface area (Å²) in [6.07, 6.45) is 1.04. The highest BCUT2D eigenvalue weighted by Crippen LogP contribution is 2.20. The van der Waals surface area contributed by atoms with Crippen molar-refractivity contribution in [3.8, 4) is 0 Å². The summed E-state index contributed by atoms with van der Waals surface area (Å²) in [5, 5.41) is 11.3. The number of hydrogen-bond donors (Lipinski definition) is 2. The predicted molar refractivity (Wildman–Crippen MR) is 71.6 cm³/mol. The summed E-state index contributed by atoms with van der Waals surface area (Å²) < 4.78 is 13.3. The van der Waals surface area contributed by atoms with Crippen molar-refractivity contribution < 1.29 is 19.1 Å². The molecule has 0 aliphatic carbocycles. The Labute approximate surface area is 115 Å². The molecule has 1 rings (SSSR count). The smallest absolute Gasteiger partial charge is 0.326 e. The molecule has 0 fully saturated rings. The Morgan fingerprint density at radius 3 is 2.68 bits per heavy atom. The van der Waals surface area contributed by atoms with Crippen molar-refractivity contribution in [2.75, 3.05) is 5.75 Å². The van der Waals surface area contributed by atoms with Crippen LogP contribution in [-0.4, -0.2) is 28.8 Å². The number of benzene rings is 1. The average Bonchev–Trinajstić information content (AvgIpc) is 2.37. The third-order valence-corrected chi connectivity index (χ3v) is 3.45. The molecular weight excluding hydrogens is 269 g/mol. The topological polar surface area (TPSA) is 66.4 Å². The molecule has 2 N–H and O–H groups in total. The third-order valence-electron chi connectivity index (χ3n) is 2.41. The Bertz CT molecular complexity index is 453. The van der Waals surface area contributed by atoms with Gasteiger partial charge in [-0.05, 0) is 18.6 Å². The largest absolute Gasteiger partial charge is 0.480 e. The van der Waals surface area contributed by atoms with Gasteiger partial charge in [-0.2, -0.15) is 0 Å². The summed E-state index contributed by atoms with van der Waals surface area (Å²) in [6, 6.07) is 5.27. The highest BCUT2D eigenvalue weighted by molar-refractivity contribution is 8.00. The SMILES string of the molecule is CCC[C@H](NC(=O)CSc1ccccc1F)C(=O)O. The summed E-state index contributed by atoms with van der Waals surface area (Å²) in [6.45, 7) is 1.84. The van der Waals surface area contributed by atoms with Crippen LogP contribution in [0.2, 0.25) is 0 Å². The zero-order valence-corrected chi connectivity index (χ0v) is 11.4. The lowest BCUT2D eigenvalue weighted by Gasteiger charge is -2.13. The molecule has 1 amide bonds. The van der Waals surface area contributed by atoms with Crippen molar-refractivity contribution in [2.24, 2.45) is 0 Å². The lowest BCUT2D eigenvalue weighted by molar-refractivity contribution is -0.141. The number of aliphatic carboxylic acids is 1. The van der Waals surface area contributed by atoms with Crippen molar-refractivity contribution in [3.63, 3.8) is 0 Å². The predicted octanol–water partition coefficient (Wildman–Crippen LogP) is 2.29. The van der Waals surface area contributed by atoms with Crippen LogP contribution in [0.5, 0.6) is 0 Å². The van der Waals surface area contributed by atoms with E-state index in [1.165, 1.54) is 6.07 Å². The lowest BCUT2D eigenvalue weighted by atomic mass is 10.2. The molecule has 0 aliphatic rings. The zero-order chi connectivity index (χ0) is 14.3. The number of amides is 1. The fourth-order valence-corrected chi connectivity index (χ4v) is 2.24. The Kier molecular flexibility index (Phi) is 6.35. The molecule has 6 heteroatoms. The first-order chi connectivity index (χ1) is 9.04. The Balaban J connectivity index is 2.47. The third kappa shape index (κ3) is 5.30. The van der Waals surface area contributed by atoms with E-state index >= 15 is 0 Å². The zero-order valence-electron chi connectivity index (χ0n) is 10.6. The second kappa shape index (κ2) is 7.78. The van der Waals surface area contributed by atoms with Crippen LogP contribution in [0, 0.1) is 5.82 Å². The van der Waals surface area contributed by atoms with Gasteiger partial charge in [0.25, 0.3) is 0 Å². The number of hydrogen-bond acceptors (Lipinski definition) is 3. The minimum Gasteiger partial charge on any atom is -0.480 e. The maximum Gasteiger partial charge on any atom is 0.326 e. The van der Waals surface area contributed by atoms with E-state index in [0.29, 0.717) is 17.7 Å². The number of thioether (sulfide) groups is 1. The van der Waals surface area contributed by atoms with Gasteiger partial charge in [0.15, 0.2) is 0 Å². The van der Waals surface area contributed by atoms with E-state index < -0.39 is 17.9 Å². The minimum atomic E-state index is -1.05. The summed E-state index contributed by atoms with van der Waals surface area (Å²) in [5.41, 5.74) is 0. The average molecular weight is 285 g/mol. The maximum atomic E-state index is 13.3. The standard InChI is InChI=1S/C13H16FNO3S/c1-2-5-10(13(17)18)15-12(16)8-19-11-7-4-3-6-9(11)14/h3-4,6-7,10H,2,5,8H2,1H3,(H,15,16)(H,17,18)/t10-/m0/s1. The first-order valence-corrected chi connectivity index (χ1v) is 6.92. The van der Waals surface area contributed by atoms with Gasteiger partial charge in [0.05, 0.1) is 5.75 Å². The van der Waals surface area contributed by atoms with Gasteiger partial charge in [-0.1, -0.05) is 25.5 Å². The number of carboxylic acid groups (broad SMARTS) is 1. The molecule has 1 aromatic rings. The molecular formula is C13H16FNO3S. The number of carbonyl (C=O) groups excluding carboxylic acids is 1. The first kappa shape index (κ1) is 15.5. The molecule has 0 unspecified atom stereocenters. The number of carboxylic acids is 1. The molecule has 1 atom stereocenters. The van der Waals surface area contributed by atoms with Crippen LogP contribution in [-0.2, 0) is 9.59 Å². The van der Waals surface area contributed by atoms with Crippen molar-refractivity contribution in [1.82, 2.24) is 5.32 Å². The van der Waals surface area contributed by atoms with Crippen molar-refractivity contribution >= 4 is 23.6 Å². The highest BCUT2D eigenvalue weighted by Gasteiger charge is 2.18. The molecule has 4 nitrogen and oxygen atoms in total. The van der Waals surface area contributed by atoms with Gasteiger partial charge in [-0.15, -0.1) is 11.8 Å².